The van der Waals surface area contributed by atoms with E-state index >= 15 is 0 Å². The minimum Gasteiger partial charge on any atom is -0.504 e. The fourth-order valence-electron chi connectivity index (χ4n) is 1.57. The van der Waals surface area contributed by atoms with Crippen LogP contribution in [-0.4, -0.2) is 41.5 Å². The molecule has 0 saturated carbocycles. The molecule has 20 heavy (non-hydrogen) atoms. The van der Waals surface area contributed by atoms with Crippen molar-refractivity contribution in [1.82, 2.24) is 0 Å². The maximum Gasteiger partial charge on any atom is 0.323 e. The summed E-state index contributed by atoms with van der Waals surface area (Å²) in [5, 5.41) is 18.5. The highest BCUT2D eigenvalue weighted by atomic mass is 16.6. The minimum absolute atomic E-state index is 0.0855. The van der Waals surface area contributed by atoms with E-state index < -0.39 is 12.0 Å². The highest BCUT2D eigenvalue weighted by molar-refractivity contribution is 5.75. The van der Waals surface area contributed by atoms with Crippen LogP contribution in [0.15, 0.2) is 18.2 Å². The predicted octanol–water partition coefficient (Wildman–Crippen LogP) is 0.936. The van der Waals surface area contributed by atoms with Gasteiger partial charge in [0.15, 0.2) is 11.5 Å². The van der Waals surface area contributed by atoms with E-state index in [1.807, 2.05) is 13.8 Å². The van der Waals surface area contributed by atoms with Crippen molar-refractivity contribution in [3.8, 4) is 11.5 Å². The number of hydrogen-bond donors (Lipinski definition) is 3. The van der Waals surface area contributed by atoms with Crippen LogP contribution in [0.4, 0.5) is 0 Å². The van der Waals surface area contributed by atoms with E-state index in [0.717, 1.165) is 0 Å². The Kier molecular flexibility index (Phi) is 6.27. The molecule has 0 radical (unpaired) electrons. The lowest BCUT2D eigenvalue weighted by Crippen LogP contribution is -2.35. The summed E-state index contributed by atoms with van der Waals surface area (Å²) in [5.41, 5.74) is 6.36. The van der Waals surface area contributed by atoms with Gasteiger partial charge >= 0.3 is 5.97 Å². The minimum atomic E-state index is -0.821. The summed E-state index contributed by atoms with van der Waals surface area (Å²) in [6.07, 6.45) is 0.305. The molecule has 1 rings (SSSR count). The lowest BCUT2D eigenvalue weighted by Gasteiger charge is -2.13. The molecular weight excluding hydrogens is 262 g/mol. The SMILES string of the molecule is CC(C)OCCOC(=O)[C@@H](N)Cc1ccc(O)c(O)c1. The zero-order valence-electron chi connectivity index (χ0n) is 11.7. The number of benzene rings is 1. The smallest absolute Gasteiger partial charge is 0.323 e. The van der Waals surface area contributed by atoms with Crippen LogP contribution in [0, 0.1) is 0 Å². The van der Waals surface area contributed by atoms with Crippen molar-refractivity contribution >= 4 is 5.97 Å². The average Bonchev–Trinajstić information content (AvgIpc) is 2.38. The van der Waals surface area contributed by atoms with Gasteiger partial charge in [-0.15, -0.1) is 0 Å². The van der Waals surface area contributed by atoms with Crippen LogP contribution in [0.25, 0.3) is 0 Å². The Morgan fingerprint density at radius 3 is 2.55 bits per heavy atom. The summed E-state index contributed by atoms with van der Waals surface area (Å²) < 4.78 is 10.2. The molecule has 1 atom stereocenters. The van der Waals surface area contributed by atoms with Crippen molar-refractivity contribution < 1.29 is 24.5 Å². The van der Waals surface area contributed by atoms with Crippen molar-refractivity contribution in [1.29, 1.82) is 0 Å². The third-order valence-electron chi connectivity index (χ3n) is 2.58. The van der Waals surface area contributed by atoms with E-state index in [4.69, 9.17) is 15.2 Å². The third kappa shape index (κ3) is 5.46. The maximum atomic E-state index is 11.6. The van der Waals surface area contributed by atoms with Crippen molar-refractivity contribution in [2.45, 2.75) is 32.4 Å². The van der Waals surface area contributed by atoms with Crippen LogP contribution in [0.5, 0.6) is 11.5 Å². The van der Waals surface area contributed by atoms with E-state index in [1.54, 1.807) is 6.07 Å². The van der Waals surface area contributed by atoms with Gasteiger partial charge < -0.3 is 25.4 Å². The lowest BCUT2D eigenvalue weighted by atomic mass is 10.1. The first-order valence-electron chi connectivity index (χ1n) is 6.45. The number of nitrogens with two attached hydrogens (primary N) is 1. The Labute approximate surface area is 118 Å². The fraction of sp³-hybridized carbons (Fsp3) is 0.500. The first kappa shape index (κ1) is 16.3. The molecule has 1 aromatic carbocycles. The van der Waals surface area contributed by atoms with E-state index in [1.165, 1.54) is 12.1 Å². The van der Waals surface area contributed by atoms with Gasteiger partial charge in [-0.25, -0.2) is 0 Å². The zero-order valence-corrected chi connectivity index (χ0v) is 11.7. The van der Waals surface area contributed by atoms with Gasteiger partial charge in [0.25, 0.3) is 0 Å². The predicted molar refractivity (Wildman–Crippen MR) is 73.5 cm³/mol. The van der Waals surface area contributed by atoms with Crippen LogP contribution in [0.1, 0.15) is 19.4 Å². The number of aromatic hydroxyl groups is 2. The summed E-state index contributed by atoms with van der Waals surface area (Å²) in [4.78, 5) is 11.6. The lowest BCUT2D eigenvalue weighted by molar-refractivity contribution is -0.147. The molecule has 112 valence electrons. The fourth-order valence-corrected chi connectivity index (χ4v) is 1.57. The molecule has 0 aliphatic rings. The normalized spacial score (nSPS) is 12.4. The van der Waals surface area contributed by atoms with E-state index in [9.17, 15) is 15.0 Å². The Morgan fingerprint density at radius 1 is 1.25 bits per heavy atom. The number of rotatable bonds is 7. The molecule has 6 heteroatoms. The second-order valence-electron chi connectivity index (χ2n) is 4.72. The number of hydrogen-bond acceptors (Lipinski definition) is 6. The summed E-state index contributed by atoms with van der Waals surface area (Å²) in [5.74, 6) is -0.978. The molecular formula is C14H21NO5. The molecule has 0 saturated heterocycles. The molecule has 0 aromatic heterocycles. The van der Waals surface area contributed by atoms with Crippen LogP contribution in [0.3, 0.4) is 0 Å². The van der Waals surface area contributed by atoms with Crippen LogP contribution in [0.2, 0.25) is 0 Å². The summed E-state index contributed by atoms with van der Waals surface area (Å²) in [6, 6.07) is 3.48. The number of carbonyl (C=O) groups excluding carboxylic acids is 1. The van der Waals surface area contributed by atoms with Crippen molar-refractivity contribution in [2.24, 2.45) is 5.73 Å². The largest absolute Gasteiger partial charge is 0.504 e. The number of ether oxygens (including phenoxy) is 2. The van der Waals surface area contributed by atoms with Gasteiger partial charge in [0, 0.05) is 0 Å². The first-order valence-corrected chi connectivity index (χ1v) is 6.45. The van der Waals surface area contributed by atoms with Gasteiger partial charge in [-0.2, -0.15) is 0 Å². The molecule has 0 aliphatic carbocycles. The monoisotopic (exact) mass is 283 g/mol. The van der Waals surface area contributed by atoms with Gasteiger partial charge in [-0.3, -0.25) is 4.79 Å². The Balaban J connectivity index is 2.39. The maximum absolute atomic E-state index is 11.6. The molecule has 0 aliphatic heterocycles. The van der Waals surface area contributed by atoms with E-state index in [0.29, 0.717) is 12.2 Å². The third-order valence-corrected chi connectivity index (χ3v) is 2.58. The van der Waals surface area contributed by atoms with Gasteiger partial charge in [-0.1, -0.05) is 6.07 Å². The Hall–Kier alpha value is -1.79. The number of carbonyl (C=O) groups is 1. The summed E-state index contributed by atoms with van der Waals surface area (Å²) >= 11 is 0. The molecule has 0 unspecified atom stereocenters. The standard InChI is InChI=1S/C14H21NO5/c1-9(2)19-5-6-20-14(18)11(15)7-10-3-4-12(16)13(17)8-10/h3-4,8-9,11,16-17H,5-7,15H2,1-2H3/t11-/m0/s1. The topological polar surface area (TPSA) is 102 Å². The van der Waals surface area contributed by atoms with Gasteiger partial charge in [0.05, 0.1) is 12.7 Å². The number of esters is 1. The molecule has 6 nitrogen and oxygen atoms in total. The van der Waals surface area contributed by atoms with Gasteiger partial charge in [-0.05, 0) is 38.0 Å². The van der Waals surface area contributed by atoms with Crippen LogP contribution in [-0.2, 0) is 20.7 Å². The Morgan fingerprint density at radius 2 is 1.95 bits per heavy atom. The highest BCUT2D eigenvalue weighted by Crippen LogP contribution is 2.25. The van der Waals surface area contributed by atoms with E-state index in [-0.39, 0.29) is 30.6 Å². The first-order chi connectivity index (χ1) is 9.40. The molecule has 0 heterocycles. The Bertz CT molecular complexity index is 447. The quantitative estimate of drug-likeness (QED) is 0.391. The zero-order chi connectivity index (χ0) is 15.1. The van der Waals surface area contributed by atoms with Crippen molar-refractivity contribution in [2.75, 3.05) is 13.2 Å². The van der Waals surface area contributed by atoms with E-state index in [2.05, 4.69) is 0 Å². The van der Waals surface area contributed by atoms with Crippen molar-refractivity contribution in [3.05, 3.63) is 23.8 Å². The summed E-state index contributed by atoms with van der Waals surface area (Å²) in [7, 11) is 0. The molecule has 0 amide bonds. The van der Waals surface area contributed by atoms with Crippen molar-refractivity contribution in [3.63, 3.8) is 0 Å². The molecule has 0 spiro atoms. The van der Waals surface area contributed by atoms with Crippen LogP contribution >= 0.6 is 0 Å². The number of phenolic OH excluding ortho intramolecular Hbond substituents is 2. The molecule has 0 fully saturated rings. The second kappa shape index (κ2) is 7.72. The van der Waals surface area contributed by atoms with Gasteiger partial charge in [0.1, 0.15) is 12.6 Å². The molecule has 4 N–H and O–H groups in total. The second-order valence-corrected chi connectivity index (χ2v) is 4.72. The summed E-state index contributed by atoms with van der Waals surface area (Å²) in [6.45, 7) is 4.28. The van der Waals surface area contributed by atoms with Crippen LogP contribution < -0.4 is 5.73 Å². The molecule has 1 aromatic rings. The number of phenols is 2. The average molecular weight is 283 g/mol. The molecule has 0 bridgehead atoms. The highest BCUT2D eigenvalue weighted by Gasteiger charge is 2.16. The van der Waals surface area contributed by atoms with Gasteiger partial charge in [0.2, 0.25) is 0 Å².